The van der Waals surface area contributed by atoms with Gasteiger partial charge in [0.1, 0.15) is 2.25 Å². The van der Waals surface area contributed by atoms with E-state index in [0.717, 1.165) is 51.1 Å². The van der Waals surface area contributed by atoms with Crippen molar-refractivity contribution in [2.24, 2.45) is 0 Å². The lowest BCUT2D eigenvalue weighted by Gasteiger charge is -2.27. The van der Waals surface area contributed by atoms with Crippen LogP contribution in [-0.4, -0.2) is 37.4 Å². The van der Waals surface area contributed by atoms with Gasteiger partial charge in [-0.2, -0.15) is 25.1 Å². The highest BCUT2D eigenvalue weighted by Gasteiger charge is 2.19. The van der Waals surface area contributed by atoms with Crippen LogP contribution >= 0.6 is 25.1 Å². The Labute approximate surface area is 114 Å². The van der Waals surface area contributed by atoms with Crippen LogP contribution in [0.1, 0.15) is 41.0 Å². The first-order valence-electron chi connectivity index (χ1n) is 6.79. The molecule has 0 aliphatic heterocycles. The summed E-state index contributed by atoms with van der Waals surface area (Å²) in [7, 11) is 0. The second-order valence-electron chi connectivity index (χ2n) is 5.57. The Kier molecular flexibility index (Phi) is 5.83. The second-order valence-corrected chi connectivity index (χ2v) is 7.73. The lowest BCUT2D eigenvalue weighted by Crippen LogP contribution is -2.42. The van der Waals surface area contributed by atoms with Gasteiger partial charge in [-0.3, -0.25) is 0 Å². The second kappa shape index (κ2) is 7.14. The number of nitrogens with one attached hydrogen (secondary N) is 2. The van der Waals surface area contributed by atoms with Crippen LogP contribution in [0.5, 0.6) is 0 Å². The van der Waals surface area contributed by atoms with Gasteiger partial charge in [0.2, 0.25) is 0 Å². The fourth-order valence-electron chi connectivity index (χ4n) is 1.17. The van der Waals surface area contributed by atoms with E-state index in [9.17, 15) is 0 Å². The van der Waals surface area contributed by atoms with Gasteiger partial charge in [0.25, 0.3) is 0 Å². The molecule has 0 aliphatic carbocycles. The smallest absolute Gasteiger partial charge is 0.103 e. The summed E-state index contributed by atoms with van der Waals surface area (Å²) in [6.07, 6.45) is 1.07. The van der Waals surface area contributed by atoms with E-state index < -0.39 is 0 Å². The zero-order chi connectivity index (χ0) is 14.2. The summed E-state index contributed by atoms with van der Waals surface area (Å²) < 4.78 is 14.7. The lowest BCUT2D eigenvalue weighted by molar-refractivity contribution is 0.452. The molecule has 16 heavy (non-hydrogen) atoms. The van der Waals surface area contributed by atoms with Crippen molar-refractivity contribution in [2.45, 2.75) is 56.6 Å². The Balaban J connectivity index is 3.58. The predicted octanol–water partition coefficient (Wildman–Crippen LogP) is 2.36. The average Bonchev–Trinajstić information content (AvgIpc) is 2.33. The molecule has 1 unspecified atom stereocenters. The van der Waals surface area contributed by atoms with Crippen LogP contribution in [-0.2, 0) is 0 Å². The molecule has 0 spiro atoms. The van der Waals surface area contributed by atoms with E-state index in [1.54, 1.807) is 0 Å². The molecule has 0 rings (SSSR count). The highest BCUT2D eigenvalue weighted by Crippen LogP contribution is 2.16. The maximum atomic E-state index is 7.42. The minimum Gasteiger partial charge on any atom is -0.315 e. The Bertz CT molecular complexity index is 226. The number of rotatable bonds is 10. The Hall–Kier alpha value is 0.620. The molecule has 0 bridgehead atoms. The van der Waals surface area contributed by atoms with Crippen molar-refractivity contribution in [3.8, 4) is 0 Å². The molecule has 2 nitrogen and oxygen atoms in total. The first-order valence-corrected chi connectivity index (χ1v) is 6.79. The minimum absolute atomic E-state index is 0.00935. The largest absolute Gasteiger partial charge is 0.315 e. The Morgan fingerprint density at radius 1 is 1.19 bits per heavy atom. The molecule has 0 amide bonds. The molecular formula is C12H28N2S2. The standard InChI is InChI=1S/C12H28N2S2/c1-10(12(4,5)16)14-8-6-7-13-9-11(2,3)15/h10,13-16H,6-9H2,1-5H3/i/hT2. The van der Waals surface area contributed by atoms with Crippen LogP contribution in [0.2, 0.25) is 0 Å². The summed E-state index contributed by atoms with van der Waals surface area (Å²) in [6, 6.07) is 0.334. The lowest BCUT2D eigenvalue weighted by atomic mass is 10.1. The van der Waals surface area contributed by atoms with Gasteiger partial charge >= 0.3 is 0 Å². The molecule has 0 aliphatic rings. The third kappa shape index (κ3) is 9.82. The third-order valence-electron chi connectivity index (χ3n) is 2.57. The van der Waals surface area contributed by atoms with Crippen LogP contribution in [0.15, 0.2) is 0 Å². The predicted molar refractivity (Wildman–Crippen MR) is 81.1 cm³/mol. The van der Waals surface area contributed by atoms with Crippen molar-refractivity contribution in [2.75, 3.05) is 19.6 Å². The highest BCUT2D eigenvalue weighted by molar-refractivity contribution is 7.82. The molecule has 98 valence electrons. The Morgan fingerprint density at radius 3 is 2.44 bits per heavy atom. The molecule has 2 N–H and O–H groups in total. The van der Waals surface area contributed by atoms with Gasteiger partial charge in [-0.25, -0.2) is 0 Å². The van der Waals surface area contributed by atoms with E-state index in [-0.39, 0.29) is 9.49 Å². The molecule has 0 heterocycles. The minimum atomic E-state index is -0.0444. The maximum absolute atomic E-state index is 7.42. The number of hydrogen-bond donors (Lipinski definition) is 4. The normalized spacial score (nSPS) is 16.8. The number of thiol groups is 2. The van der Waals surface area contributed by atoms with Crippen molar-refractivity contribution < 1.29 is 0 Å². The van der Waals surface area contributed by atoms with Crippen LogP contribution < -0.4 is 10.6 Å². The zero-order valence-electron chi connectivity index (χ0n) is 13.2. The topological polar surface area (TPSA) is 24.1 Å². The van der Waals surface area contributed by atoms with E-state index in [1.165, 1.54) is 0 Å². The van der Waals surface area contributed by atoms with Gasteiger partial charge in [-0.05, 0) is 54.1 Å². The molecule has 0 fully saturated rings. The van der Waals surface area contributed by atoms with Crippen molar-refractivity contribution in [1.29, 1.82) is 2.25 Å². The number of hydrogen-bond acceptors (Lipinski definition) is 4. The summed E-state index contributed by atoms with van der Waals surface area (Å²) in [5, 5.41) is 6.84. The quantitative estimate of drug-likeness (QED) is 0.361. The van der Waals surface area contributed by atoms with Crippen LogP contribution in [0.25, 0.3) is 0 Å². The molecule has 0 aromatic rings. The first kappa shape index (κ1) is 13.1. The van der Waals surface area contributed by atoms with Crippen molar-refractivity contribution in [1.82, 2.24) is 10.6 Å². The van der Waals surface area contributed by atoms with Gasteiger partial charge in [-0.1, -0.05) is 0 Å². The molecule has 0 aromatic heterocycles. The van der Waals surface area contributed by atoms with Gasteiger partial charge in [0.05, 0.1) is 0 Å². The molecular weight excluding hydrogens is 236 g/mol. The SMILES string of the molecule is [3H]SC(C)(C)CNCCCNC(C)C(C)(C)S[3H]. The molecule has 0 saturated carbocycles. The molecule has 4 heteroatoms. The van der Waals surface area contributed by atoms with Gasteiger partial charge < -0.3 is 10.6 Å². The van der Waals surface area contributed by atoms with Crippen LogP contribution in [0, 0.1) is 0 Å². The summed E-state index contributed by atoms with van der Waals surface area (Å²) in [5.41, 5.74) is 0. The van der Waals surface area contributed by atoms with Gasteiger partial charge in [0.15, 0.2) is 0 Å². The summed E-state index contributed by atoms with van der Waals surface area (Å²) in [5.74, 6) is 0. The zero-order valence-corrected chi connectivity index (χ0v) is 12.9. The Morgan fingerprint density at radius 2 is 1.88 bits per heavy atom. The van der Waals surface area contributed by atoms with Crippen molar-refractivity contribution in [3.05, 3.63) is 0 Å². The van der Waals surface area contributed by atoms with E-state index >= 15 is 0 Å². The average molecular weight is 269 g/mol. The molecule has 0 saturated heterocycles. The van der Waals surface area contributed by atoms with E-state index in [1.807, 2.05) is 0 Å². The van der Waals surface area contributed by atoms with Gasteiger partial charge in [-0.15, -0.1) is 0 Å². The highest BCUT2D eigenvalue weighted by atomic mass is 32.1. The van der Waals surface area contributed by atoms with Crippen molar-refractivity contribution >= 4 is 25.1 Å². The fourth-order valence-corrected chi connectivity index (χ4v) is 1.35. The fraction of sp³-hybridized carbons (Fsp3) is 1.00. The van der Waals surface area contributed by atoms with Crippen LogP contribution in [0.4, 0.5) is 0 Å². The molecule has 0 aromatic carbocycles. The van der Waals surface area contributed by atoms with Crippen LogP contribution in [0.3, 0.4) is 0 Å². The van der Waals surface area contributed by atoms with Crippen molar-refractivity contribution in [3.63, 3.8) is 0 Å². The third-order valence-corrected chi connectivity index (χ3v) is 3.07. The van der Waals surface area contributed by atoms with E-state index in [0.29, 0.717) is 6.04 Å². The van der Waals surface area contributed by atoms with E-state index in [2.05, 4.69) is 45.3 Å². The first-order chi connectivity index (χ1) is 8.25. The molecule has 0 radical (unpaired) electrons. The molecule has 1 atom stereocenters. The maximum Gasteiger partial charge on any atom is 0.103 e. The summed E-state index contributed by atoms with van der Waals surface area (Å²) >= 11 is 2.31. The summed E-state index contributed by atoms with van der Waals surface area (Å²) in [6.45, 7) is 13.3. The monoisotopic (exact) mass is 268 g/mol. The van der Waals surface area contributed by atoms with Gasteiger partial charge in [0, 0.05) is 22.1 Å². The summed E-state index contributed by atoms with van der Waals surface area (Å²) in [4.78, 5) is 0. The van der Waals surface area contributed by atoms with E-state index in [4.69, 9.17) is 2.25 Å².